The monoisotopic (exact) mass is 389 g/mol. The largest absolute Gasteiger partial charge is 0.490 e. The topological polar surface area (TPSA) is 72.9 Å². The van der Waals surface area contributed by atoms with Gasteiger partial charge in [0.25, 0.3) is 0 Å². The average Bonchev–Trinajstić information content (AvgIpc) is 2.67. The molecule has 6 nitrogen and oxygen atoms in total. The van der Waals surface area contributed by atoms with Crippen molar-refractivity contribution in [3.05, 3.63) is 71.8 Å². The number of hydrogen-bond donors (Lipinski definition) is 0. The summed E-state index contributed by atoms with van der Waals surface area (Å²) in [5, 5.41) is 0. The van der Waals surface area contributed by atoms with Gasteiger partial charge in [-0.1, -0.05) is 30.9 Å². The Morgan fingerprint density at radius 3 is 2.44 bits per heavy atom. The predicted octanol–water partition coefficient (Wildman–Crippen LogP) is 3.17. The van der Waals surface area contributed by atoms with Crippen molar-refractivity contribution in [3.8, 4) is 5.75 Å². The van der Waals surface area contributed by atoms with Crippen molar-refractivity contribution in [2.24, 2.45) is 0 Å². The molecular formula is C20H23NO5S. The van der Waals surface area contributed by atoms with Gasteiger partial charge in [-0.3, -0.25) is 0 Å². The zero-order chi connectivity index (χ0) is 20.0. The van der Waals surface area contributed by atoms with Crippen LogP contribution in [0.1, 0.15) is 21.5 Å². The van der Waals surface area contributed by atoms with Gasteiger partial charge in [-0.15, -0.1) is 0 Å². The van der Waals surface area contributed by atoms with Crippen LogP contribution in [0.25, 0.3) is 0 Å². The van der Waals surface area contributed by atoms with Crippen LogP contribution in [0.3, 0.4) is 0 Å². The molecule has 2 aromatic rings. The first-order valence-corrected chi connectivity index (χ1v) is 9.71. The second kappa shape index (κ2) is 8.83. The van der Waals surface area contributed by atoms with Crippen molar-refractivity contribution in [1.29, 1.82) is 0 Å². The molecule has 2 rings (SSSR count). The molecule has 0 aliphatic carbocycles. The van der Waals surface area contributed by atoms with Crippen LogP contribution in [0.4, 0.5) is 0 Å². The highest BCUT2D eigenvalue weighted by Crippen LogP contribution is 2.21. The minimum absolute atomic E-state index is 0.0435. The molecule has 0 saturated carbocycles. The maximum Gasteiger partial charge on any atom is 0.338 e. The van der Waals surface area contributed by atoms with Crippen LogP contribution in [0.15, 0.2) is 60.0 Å². The Balaban J connectivity index is 2.21. The van der Waals surface area contributed by atoms with Crippen LogP contribution >= 0.6 is 0 Å². The maximum atomic E-state index is 12.9. The fourth-order valence-corrected chi connectivity index (χ4v) is 3.65. The number of aryl methyl sites for hydroxylation is 1. The van der Waals surface area contributed by atoms with Gasteiger partial charge in [-0.05, 0) is 42.3 Å². The number of methoxy groups -OCH3 is 1. The van der Waals surface area contributed by atoms with Gasteiger partial charge < -0.3 is 9.47 Å². The van der Waals surface area contributed by atoms with E-state index in [0.29, 0.717) is 17.9 Å². The fraction of sp³-hybridized carbons (Fsp3) is 0.250. The first-order chi connectivity index (χ1) is 12.8. The third-order valence-corrected chi connectivity index (χ3v) is 5.82. The maximum absolute atomic E-state index is 12.9. The fourth-order valence-electron chi connectivity index (χ4n) is 2.46. The lowest BCUT2D eigenvalue weighted by molar-refractivity contribution is 0.0599. The highest BCUT2D eigenvalue weighted by Gasteiger charge is 2.23. The van der Waals surface area contributed by atoms with E-state index >= 15 is 0 Å². The molecule has 7 heteroatoms. The van der Waals surface area contributed by atoms with E-state index < -0.39 is 16.0 Å². The molecule has 0 saturated heterocycles. The van der Waals surface area contributed by atoms with Gasteiger partial charge >= 0.3 is 5.97 Å². The number of nitrogens with zero attached hydrogens (tertiary/aromatic N) is 1. The van der Waals surface area contributed by atoms with Gasteiger partial charge in [0.15, 0.2) is 0 Å². The van der Waals surface area contributed by atoms with E-state index in [9.17, 15) is 13.2 Å². The van der Waals surface area contributed by atoms with Crippen LogP contribution in [-0.4, -0.2) is 39.5 Å². The van der Waals surface area contributed by atoms with Crippen molar-refractivity contribution < 1.29 is 22.7 Å². The van der Waals surface area contributed by atoms with Gasteiger partial charge in [0, 0.05) is 13.6 Å². The van der Waals surface area contributed by atoms with E-state index in [1.54, 1.807) is 43.3 Å². The summed E-state index contributed by atoms with van der Waals surface area (Å²) in [5.41, 5.74) is 1.70. The van der Waals surface area contributed by atoms with Crippen molar-refractivity contribution >= 4 is 16.0 Å². The Morgan fingerprint density at radius 1 is 1.19 bits per heavy atom. The summed E-state index contributed by atoms with van der Waals surface area (Å²) < 4.78 is 37.1. The Labute approximate surface area is 160 Å². The lowest BCUT2D eigenvalue weighted by Gasteiger charge is -2.18. The van der Waals surface area contributed by atoms with Crippen LogP contribution < -0.4 is 4.74 Å². The summed E-state index contributed by atoms with van der Waals surface area (Å²) in [4.78, 5) is 11.9. The van der Waals surface area contributed by atoms with Crippen molar-refractivity contribution in [2.75, 3.05) is 20.8 Å². The minimum atomic E-state index is -3.76. The first kappa shape index (κ1) is 20.7. The highest BCUT2D eigenvalue weighted by atomic mass is 32.2. The molecule has 0 spiro atoms. The molecular weight excluding hydrogens is 366 g/mol. The molecule has 27 heavy (non-hydrogen) atoms. The summed E-state index contributed by atoms with van der Waals surface area (Å²) in [6.07, 6.45) is 1.65. The number of carbonyl (C=O) groups excluding carboxylic acids is 1. The van der Waals surface area contributed by atoms with Gasteiger partial charge in [0.2, 0.25) is 10.0 Å². The van der Waals surface area contributed by atoms with Crippen LogP contribution in [0.5, 0.6) is 5.75 Å². The lowest BCUT2D eigenvalue weighted by Crippen LogP contribution is -2.26. The third kappa shape index (κ3) is 4.96. The molecule has 0 N–H and O–H groups in total. The molecule has 0 radical (unpaired) electrons. The van der Waals surface area contributed by atoms with E-state index in [1.165, 1.54) is 30.6 Å². The normalized spacial score (nSPS) is 11.3. The number of carbonyl (C=O) groups is 1. The Bertz CT molecular complexity index is 920. The number of rotatable bonds is 8. The summed E-state index contributed by atoms with van der Waals surface area (Å²) in [5.74, 6) is 0.118. The SMILES string of the molecule is C=CCOc1ccc(CN(C)S(=O)(=O)c2ccc(C)c(C(=O)OC)c2)cc1. The summed E-state index contributed by atoms with van der Waals surface area (Å²) in [6.45, 7) is 5.91. The van der Waals surface area contributed by atoms with E-state index in [0.717, 1.165) is 5.56 Å². The van der Waals surface area contributed by atoms with Gasteiger partial charge in [0.1, 0.15) is 12.4 Å². The molecule has 0 bridgehead atoms. The Kier molecular flexibility index (Phi) is 6.76. The second-order valence-corrected chi connectivity index (χ2v) is 8.02. The first-order valence-electron chi connectivity index (χ1n) is 8.27. The van der Waals surface area contributed by atoms with E-state index in [4.69, 9.17) is 9.47 Å². The molecule has 0 amide bonds. The number of hydrogen-bond acceptors (Lipinski definition) is 5. The van der Waals surface area contributed by atoms with E-state index in [1.807, 2.05) is 0 Å². The van der Waals surface area contributed by atoms with Crippen molar-refractivity contribution in [2.45, 2.75) is 18.4 Å². The van der Waals surface area contributed by atoms with Crippen LogP contribution in [0, 0.1) is 6.92 Å². The van der Waals surface area contributed by atoms with Crippen molar-refractivity contribution in [3.63, 3.8) is 0 Å². The predicted molar refractivity (Wildman–Crippen MR) is 103 cm³/mol. The number of sulfonamides is 1. The summed E-state index contributed by atoms with van der Waals surface area (Å²) in [6, 6.07) is 11.6. The van der Waals surface area contributed by atoms with Crippen LogP contribution in [0.2, 0.25) is 0 Å². The zero-order valence-electron chi connectivity index (χ0n) is 15.6. The van der Waals surface area contributed by atoms with Gasteiger partial charge in [-0.2, -0.15) is 4.31 Å². The van der Waals surface area contributed by atoms with Crippen molar-refractivity contribution in [1.82, 2.24) is 4.31 Å². The Hall–Kier alpha value is -2.64. The third-order valence-electron chi connectivity index (χ3n) is 4.02. The summed E-state index contributed by atoms with van der Waals surface area (Å²) in [7, 11) is -1.00. The minimum Gasteiger partial charge on any atom is -0.490 e. The molecule has 144 valence electrons. The zero-order valence-corrected chi connectivity index (χ0v) is 16.5. The van der Waals surface area contributed by atoms with Crippen LogP contribution in [-0.2, 0) is 21.3 Å². The second-order valence-electron chi connectivity index (χ2n) is 5.97. The highest BCUT2D eigenvalue weighted by molar-refractivity contribution is 7.89. The van der Waals surface area contributed by atoms with Gasteiger partial charge in [0.05, 0.1) is 17.6 Å². The molecule has 0 fully saturated rings. The number of ether oxygens (including phenoxy) is 2. The summed E-state index contributed by atoms with van der Waals surface area (Å²) >= 11 is 0. The smallest absolute Gasteiger partial charge is 0.338 e. The molecule has 0 atom stereocenters. The molecule has 0 aliphatic heterocycles. The number of esters is 1. The lowest BCUT2D eigenvalue weighted by atomic mass is 10.1. The van der Waals surface area contributed by atoms with Gasteiger partial charge in [-0.25, -0.2) is 13.2 Å². The standard InChI is InChI=1S/C20H23NO5S/c1-5-12-26-17-9-7-16(8-10-17)14-21(3)27(23,24)18-11-6-15(2)19(13-18)20(22)25-4/h5-11,13H,1,12,14H2,2-4H3. The molecule has 0 aromatic heterocycles. The molecule has 0 unspecified atom stereocenters. The van der Waals surface area contributed by atoms with E-state index in [-0.39, 0.29) is 17.0 Å². The molecule has 2 aromatic carbocycles. The Morgan fingerprint density at radius 2 is 1.85 bits per heavy atom. The van der Waals surface area contributed by atoms with E-state index in [2.05, 4.69) is 6.58 Å². The molecule has 0 heterocycles. The number of benzene rings is 2. The molecule has 0 aliphatic rings. The average molecular weight is 389 g/mol. The quantitative estimate of drug-likeness (QED) is 0.512.